The van der Waals surface area contributed by atoms with Gasteiger partial charge in [0, 0.05) is 6.54 Å². The van der Waals surface area contributed by atoms with E-state index < -0.39 is 0 Å². The molecule has 0 aliphatic rings. The third-order valence-corrected chi connectivity index (χ3v) is 0.780. The average Bonchev–Trinajstić information content (AvgIpc) is 1.89. The summed E-state index contributed by atoms with van der Waals surface area (Å²) in [5, 5.41) is 3.02. The van der Waals surface area contributed by atoms with Gasteiger partial charge in [0.15, 0.2) is 0 Å². The molecule has 1 N–H and O–H groups in total. The molecule has 0 saturated heterocycles. The van der Waals surface area contributed by atoms with Crippen molar-refractivity contribution >= 4 is 0 Å². The molecule has 0 aliphatic carbocycles. The van der Waals surface area contributed by atoms with Crippen LogP contribution in [0.4, 0.5) is 0 Å². The van der Waals surface area contributed by atoms with Gasteiger partial charge in [-0.15, -0.1) is 6.58 Å². The molecule has 0 rings (SSSR count). The van der Waals surface area contributed by atoms with Crippen LogP contribution in [-0.2, 0) is 0 Å². The van der Waals surface area contributed by atoms with Crippen molar-refractivity contribution in [2.45, 2.75) is 6.92 Å². The lowest BCUT2D eigenvalue weighted by Crippen LogP contribution is -2.02. The number of hydrogen-bond acceptors (Lipinski definition) is 1. The maximum Gasteiger partial charge on any atom is 0.0322 e. The van der Waals surface area contributed by atoms with Gasteiger partial charge in [0.05, 0.1) is 0 Å². The summed E-state index contributed by atoms with van der Waals surface area (Å²) in [4.78, 5) is 0. The van der Waals surface area contributed by atoms with Crippen LogP contribution in [0.1, 0.15) is 6.92 Å². The standard InChI is InChI=1S/C8H13N/c1-3-5-6-8-9-7-4-2/h3-6,8-9H,2,7H2,1H3/b5-3+,8-6?. The molecule has 0 unspecified atom stereocenters. The first kappa shape index (κ1) is 8.02. The highest BCUT2D eigenvalue weighted by Crippen LogP contribution is 1.71. The maximum atomic E-state index is 3.56. The van der Waals surface area contributed by atoms with E-state index in [1.165, 1.54) is 0 Å². The average molecular weight is 123 g/mol. The fourth-order valence-electron chi connectivity index (χ4n) is 0.386. The first-order valence-electron chi connectivity index (χ1n) is 3.04. The van der Waals surface area contributed by atoms with Crippen molar-refractivity contribution in [2.75, 3.05) is 6.54 Å². The Morgan fingerprint density at radius 1 is 1.44 bits per heavy atom. The van der Waals surface area contributed by atoms with Crippen LogP contribution in [0.5, 0.6) is 0 Å². The summed E-state index contributed by atoms with van der Waals surface area (Å²) in [6.07, 6.45) is 9.60. The van der Waals surface area contributed by atoms with Crippen molar-refractivity contribution in [2.24, 2.45) is 0 Å². The molecule has 0 radical (unpaired) electrons. The highest BCUT2D eigenvalue weighted by Gasteiger charge is 1.64. The minimum absolute atomic E-state index is 0.827. The van der Waals surface area contributed by atoms with Gasteiger partial charge in [0.1, 0.15) is 0 Å². The minimum Gasteiger partial charge on any atom is -0.387 e. The lowest BCUT2D eigenvalue weighted by molar-refractivity contribution is 0.988. The smallest absolute Gasteiger partial charge is 0.0322 e. The molecular weight excluding hydrogens is 110 g/mol. The zero-order chi connectivity index (χ0) is 6.95. The van der Waals surface area contributed by atoms with Crippen LogP contribution in [0.2, 0.25) is 0 Å². The first-order valence-corrected chi connectivity index (χ1v) is 3.04. The molecule has 0 amide bonds. The predicted octanol–water partition coefficient (Wildman–Crippen LogP) is 1.85. The monoisotopic (exact) mass is 123 g/mol. The molecule has 0 fully saturated rings. The van der Waals surface area contributed by atoms with Crippen molar-refractivity contribution < 1.29 is 0 Å². The van der Waals surface area contributed by atoms with E-state index in [4.69, 9.17) is 0 Å². The molecule has 1 nitrogen and oxygen atoms in total. The first-order chi connectivity index (χ1) is 4.41. The van der Waals surface area contributed by atoms with E-state index in [9.17, 15) is 0 Å². The molecule has 9 heavy (non-hydrogen) atoms. The summed E-state index contributed by atoms with van der Waals surface area (Å²) in [6, 6.07) is 0. The summed E-state index contributed by atoms with van der Waals surface area (Å²) in [6.45, 7) is 6.38. The number of hydrogen-bond donors (Lipinski definition) is 1. The van der Waals surface area contributed by atoms with E-state index in [1.807, 2.05) is 37.4 Å². The van der Waals surface area contributed by atoms with Gasteiger partial charge < -0.3 is 5.32 Å². The Morgan fingerprint density at radius 2 is 2.22 bits per heavy atom. The number of allylic oxidation sites excluding steroid dienone is 3. The molecule has 0 aromatic heterocycles. The van der Waals surface area contributed by atoms with E-state index in [1.54, 1.807) is 0 Å². The maximum absolute atomic E-state index is 3.56. The van der Waals surface area contributed by atoms with Crippen LogP contribution in [0.15, 0.2) is 37.1 Å². The van der Waals surface area contributed by atoms with Crippen LogP contribution in [-0.4, -0.2) is 6.54 Å². The SMILES string of the molecule is C=CCNC=C/C=C/C. The fourth-order valence-corrected chi connectivity index (χ4v) is 0.386. The van der Waals surface area contributed by atoms with Crippen molar-refractivity contribution in [3.63, 3.8) is 0 Å². The molecule has 0 bridgehead atoms. The normalized spacial score (nSPS) is 10.8. The quantitative estimate of drug-likeness (QED) is 0.342. The highest BCUT2D eigenvalue weighted by molar-refractivity contribution is 5.00. The lowest BCUT2D eigenvalue weighted by atomic mass is 10.5. The van der Waals surface area contributed by atoms with Crippen molar-refractivity contribution in [3.8, 4) is 0 Å². The Kier molecular flexibility index (Phi) is 6.26. The molecular formula is C8H13N. The van der Waals surface area contributed by atoms with Gasteiger partial charge in [0.25, 0.3) is 0 Å². The van der Waals surface area contributed by atoms with Gasteiger partial charge in [-0.25, -0.2) is 0 Å². The Hall–Kier alpha value is -0.980. The van der Waals surface area contributed by atoms with E-state index in [0.717, 1.165) is 6.54 Å². The van der Waals surface area contributed by atoms with E-state index in [-0.39, 0.29) is 0 Å². The highest BCUT2D eigenvalue weighted by atomic mass is 14.8. The van der Waals surface area contributed by atoms with Crippen LogP contribution in [0, 0.1) is 0 Å². The van der Waals surface area contributed by atoms with Gasteiger partial charge in [-0.2, -0.15) is 0 Å². The second-order valence-electron chi connectivity index (χ2n) is 1.58. The van der Waals surface area contributed by atoms with Gasteiger partial charge in [0.2, 0.25) is 0 Å². The molecule has 0 saturated carbocycles. The van der Waals surface area contributed by atoms with Crippen molar-refractivity contribution in [1.29, 1.82) is 0 Å². The second-order valence-corrected chi connectivity index (χ2v) is 1.58. The van der Waals surface area contributed by atoms with Crippen LogP contribution in [0.3, 0.4) is 0 Å². The zero-order valence-electron chi connectivity index (χ0n) is 5.80. The van der Waals surface area contributed by atoms with E-state index >= 15 is 0 Å². The molecule has 1 heteroatoms. The van der Waals surface area contributed by atoms with Crippen molar-refractivity contribution in [3.05, 3.63) is 37.1 Å². The zero-order valence-corrected chi connectivity index (χ0v) is 5.80. The minimum atomic E-state index is 0.827. The third kappa shape index (κ3) is 7.02. The van der Waals surface area contributed by atoms with Crippen LogP contribution >= 0.6 is 0 Å². The molecule has 0 aromatic rings. The summed E-state index contributed by atoms with van der Waals surface area (Å²) >= 11 is 0. The molecule has 0 aromatic carbocycles. The molecule has 0 aliphatic heterocycles. The Bertz CT molecular complexity index is 112. The van der Waals surface area contributed by atoms with Gasteiger partial charge in [-0.3, -0.25) is 0 Å². The van der Waals surface area contributed by atoms with Gasteiger partial charge in [-0.05, 0) is 19.2 Å². The summed E-state index contributed by atoms with van der Waals surface area (Å²) in [5.41, 5.74) is 0. The van der Waals surface area contributed by atoms with E-state index in [2.05, 4.69) is 11.9 Å². The summed E-state index contributed by atoms with van der Waals surface area (Å²) < 4.78 is 0. The third-order valence-electron chi connectivity index (χ3n) is 0.780. The lowest BCUT2D eigenvalue weighted by Gasteiger charge is -1.88. The summed E-state index contributed by atoms with van der Waals surface area (Å²) in [7, 11) is 0. The Balaban J connectivity index is 3.14. The molecule has 0 heterocycles. The summed E-state index contributed by atoms with van der Waals surface area (Å²) in [5.74, 6) is 0. The predicted molar refractivity (Wildman–Crippen MR) is 42.2 cm³/mol. The Labute approximate surface area is 56.8 Å². The van der Waals surface area contributed by atoms with Crippen LogP contribution in [0.25, 0.3) is 0 Å². The number of nitrogens with one attached hydrogen (secondary N) is 1. The van der Waals surface area contributed by atoms with Crippen molar-refractivity contribution in [1.82, 2.24) is 5.32 Å². The molecule has 0 spiro atoms. The fraction of sp³-hybridized carbons (Fsp3) is 0.250. The van der Waals surface area contributed by atoms with Gasteiger partial charge >= 0.3 is 0 Å². The van der Waals surface area contributed by atoms with Gasteiger partial charge in [-0.1, -0.05) is 18.2 Å². The second kappa shape index (κ2) is 7.02. The molecule has 0 atom stereocenters. The van der Waals surface area contributed by atoms with E-state index in [0.29, 0.717) is 0 Å². The Morgan fingerprint density at radius 3 is 2.78 bits per heavy atom. The largest absolute Gasteiger partial charge is 0.387 e. The topological polar surface area (TPSA) is 12.0 Å². The molecule has 50 valence electrons. The van der Waals surface area contributed by atoms with Crippen LogP contribution < -0.4 is 5.32 Å². The number of rotatable bonds is 4.